The minimum Gasteiger partial charge on any atom is -0.481 e. The molecule has 0 aliphatic heterocycles. The Labute approximate surface area is 250 Å². The molecule has 3 aromatic carbocycles. The molecule has 0 aromatic heterocycles. The number of guanidine groups is 1. The van der Waals surface area contributed by atoms with Gasteiger partial charge in [-0.25, -0.2) is 9.59 Å². The number of rotatable bonds is 13. The van der Waals surface area contributed by atoms with Crippen molar-refractivity contribution in [1.29, 1.82) is 0 Å². The molecule has 11 nitrogen and oxygen atoms in total. The van der Waals surface area contributed by atoms with E-state index in [1.54, 1.807) is 36.4 Å². The van der Waals surface area contributed by atoms with Crippen LogP contribution in [-0.4, -0.2) is 53.7 Å². The summed E-state index contributed by atoms with van der Waals surface area (Å²) in [6, 6.07) is 27.2. The summed E-state index contributed by atoms with van der Waals surface area (Å²) in [4.78, 5) is 54.3. The monoisotopic (exact) mass is 589 g/mol. The molecular weight excluding hydrogens is 554 g/mol. The Kier molecular flexibility index (Phi) is 13.2. The normalized spacial score (nSPS) is 11.6. The number of nitrogens with one attached hydrogen (secondary N) is 1. The lowest BCUT2D eigenvalue weighted by Crippen LogP contribution is -2.43. The van der Waals surface area contributed by atoms with Crippen molar-refractivity contribution in [3.05, 3.63) is 108 Å². The molecule has 0 heterocycles. The van der Waals surface area contributed by atoms with Gasteiger partial charge in [-0.3, -0.25) is 14.5 Å². The highest BCUT2D eigenvalue weighted by atomic mass is 16.6. The highest BCUT2D eigenvalue weighted by Gasteiger charge is 2.24. The maximum atomic E-state index is 12.8. The molecular formula is C32H35N3O8. The van der Waals surface area contributed by atoms with Gasteiger partial charge in [-0.1, -0.05) is 91.0 Å². The zero-order valence-electron chi connectivity index (χ0n) is 23.9. The first-order valence-electron chi connectivity index (χ1n) is 13.7. The maximum Gasteiger partial charge on any atom is 0.437 e. The maximum absolute atomic E-state index is 12.8. The van der Waals surface area contributed by atoms with Crippen molar-refractivity contribution in [3.63, 3.8) is 0 Å². The third-order valence-electron chi connectivity index (χ3n) is 6.19. The fourth-order valence-corrected chi connectivity index (χ4v) is 3.88. The Morgan fingerprint density at radius 3 is 1.77 bits per heavy atom. The van der Waals surface area contributed by atoms with Crippen LogP contribution >= 0.6 is 0 Å². The van der Waals surface area contributed by atoms with Gasteiger partial charge in [-0.15, -0.1) is 4.99 Å². The van der Waals surface area contributed by atoms with Crippen LogP contribution in [0, 0.1) is 5.92 Å². The van der Waals surface area contributed by atoms with Crippen molar-refractivity contribution in [2.24, 2.45) is 10.9 Å². The Balaban J connectivity index is 1.60. The first-order chi connectivity index (χ1) is 20.8. The Morgan fingerprint density at radius 2 is 1.26 bits per heavy atom. The topological polar surface area (TPSA) is 144 Å². The number of carbonyl (C=O) groups excluding carboxylic acids is 3. The number of carbonyl (C=O) groups is 4. The van der Waals surface area contributed by atoms with E-state index in [1.165, 1.54) is 7.05 Å². The minimum absolute atomic E-state index is 0.0116. The molecule has 0 aliphatic carbocycles. The Bertz CT molecular complexity index is 1350. The van der Waals surface area contributed by atoms with Crippen molar-refractivity contribution in [2.75, 3.05) is 13.6 Å². The molecule has 0 unspecified atom stereocenters. The van der Waals surface area contributed by atoms with Crippen molar-refractivity contribution >= 4 is 30.1 Å². The summed E-state index contributed by atoms with van der Waals surface area (Å²) in [5, 5.41) is 12.2. The van der Waals surface area contributed by atoms with E-state index in [2.05, 4.69) is 10.3 Å². The van der Waals surface area contributed by atoms with E-state index in [0.29, 0.717) is 6.42 Å². The molecule has 0 fully saturated rings. The average Bonchev–Trinajstić information content (AvgIpc) is 3.03. The van der Waals surface area contributed by atoms with Gasteiger partial charge in [0.05, 0.1) is 12.3 Å². The van der Waals surface area contributed by atoms with E-state index in [4.69, 9.17) is 14.2 Å². The molecule has 43 heavy (non-hydrogen) atoms. The number of amides is 2. The molecule has 0 saturated carbocycles. The average molecular weight is 590 g/mol. The van der Waals surface area contributed by atoms with Gasteiger partial charge in [-0.05, 0) is 29.5 Å². The van der Waals surface area contributed by atoms with E-state index < -0.39 is 36.5 Å². The lowest BCUT2D eigenvalue weighted by molar-refractivity contribution is -0.154. The van der Waals surface area contributed by atoms with E-state index in [0.717, 1.165) is 21.6 Å². The van der Waals surface area contributed by atoms with Gasteiger partial charge in [0.2, 0.25) is 5.96 Å². The largest absolute Gasteiger partial charge is 0.481 e. The second kappa shape index (κ2) is 17.6. The Morgan fingerprint density at radius 1 is 0.767 bits per heavy atom. The summed E-state index contributed by atoms with van der Waals surface area (Å²) in [7, 11) is 1.39. The molecule has 11 heteroatoms. The third-order valence-corrected chi connectivity index (χ3v) is 6.19. The summed E-state index contributed by atoms with van der Waals surface area (Å²) in [5.74, 6) is -2.75. The van der Waals surface area contributed by atoms with Crippen LogP contribution in [0.4, 0.5) is 9.59 Å². The number of nitrogens with zero attached hydrogens (tertiary/aromatic N) is 2. The van der Waals surface area contributed by atoms with Crippen molar-refractivity contribution in [1.82, 2.24) is 10.2 Å². The van der Waals surface area contributed by atoms with E-state index in [1.807, 2.05) is 54.6 Å². The van der Waals surface area contributed by atoms with Gasteiger partial charge in [-0.2, -0.15) is 0 Å². The second-order valence-electron chi connectivity index (χ2n) is 9.53. The Hall–Kier alpha value is -5.19. The van der Waals surface area contributed by atoms with Crippen molar-refractivity contribution < 1.29 is 38.5 Å². The molecule has 3 aromatic rings. The molecule has 2 N–H and O–H groups in total. The molecule has 226 valence electrons. The number of aliphatic carboxylic acids is 1. The highest BCUT2D eigenvalue weighted by Crippen LogP contribution is 2.15. The summed E-state index contributed by atoms with van der Waals surface area (Å²) >= 11 is 0. The summed E-state index contributed by atoms with van der Waals surface area (Å²) < 4.78 is 15.9. The molecule has 0 spiro atoms. The first-order valence-corrected chi connectivity index (χ1v) is 13.7. The molecule has 0 aliphatic rings. The number of hydrogen-bond donors (Lipinski definition) is 2. The van der Waals surface area contributed by atoms with E-state index in [-0.39, 0.29) is 38.7 Å². The quantitative estimate of drug-likeness (QED) is 0.0909. The molecule has 0 radical (unpaired) electrons. The lowest BCUT2D eigenvalue weighted by atomic mass is 9.99. The van der Waals surface area contributed by atoms with Crippen LogP contribution in [0.2, 0.25) is 0 Å². The fourth-order valence-electron chi connectivity index (χ4n) is 3.88. The summed E-state index contributed by atoms with van der Waals surface area (Å²) in [6.07, 6.45) is -1.60. The second-order valence-corrected chi connectivity index (χ2v) is 9.53. The zero-order chi connectivity index (χ0) is 30.9. The van der Waals surface area contributed by atoms with Gasteiger partial charge >= 0.3 is 24.1 Å². The molecule has 3 rings (SSSR count). The predicted molar refractivity (Wildman–Crippen MR) is 158 cm³/mol. The van der Waals surface area contributed by atoms with Crippen molar-refractivity contribution in [3.8, 4) is 0 Å². The summed E-state index contributed by atoms with van der Waals surface area (Å²) in [6.45, 7) is 0.188. The van der Waals surface area contributed by atoms with Gasteiger partial charge in [0.15, 0.2) is 0 Å². The van der Waals surface area contributed by atoms with Crippen LogP contribution in [0.1, 0.15) is 36.0 Å². The number of carboxylic acids is 1. The number of benzene rings is 3. The zero-order valence-corrected chi connectivity index (χ0v) is 23.9. The SMILES string of the molecule is CN(C(=O)OCc1ccccc1)C(=NC(=O)OCc1ccccc1)NCCC[C@@H](CC(=O)O)C(=O)OCc1ccccc1. The van der Waals surface area contributed by atoms with Crippen LogP contribution in [0.5, 0.6) is 0 Å². The van der Waals surface area contributed by atoms with Gasteiger partial charge < -0.3 is 24.6 Å². The fraction of sp³-hybridized carbons (Fsp3) is 0.281. The highest BCUT2D eigenvalue weighted by molar-refractivity contribution is 5.98. The third kappa shape index (κ3) is 12.1. The van der Waals surface area contributed by atoms with Crippen LogP contribution in [0.15, 0.2) is 96.0 Å². The molecule has 0 saturated heterocycles. The lowest BCUT2D eigenvalue weighted by Gasteiger charge is -2.20. The smallest absolute Gasteiger partial charge is 0.437 e. The van der Waals surface area contributed by atoms with Crippen LogP contribution in [0.3, 0.4) is 0 Å². The standard InChI is InChI=1S/C32H35N3O8/c1-35(32(40)43-23-26-16-9-4-10-17-26)30(34-31(39)42-22-25-14-7-3-8-15-25)33-19-11-18-27(20-28(36)37)29(38)41-21-24-12-5-2-6-13-24/h2-10,12-17,27H,11,18-23H2,1H3,(H,36,37)(H,33,34,39)/t27-/m0/s1. The molecule has 1 atom stereocenters. The minimum atomic E-state index is -1.13. The summed E-state index contributed by atoms with van der Waals surface area (Å²) in [5.41, 5.74) is 2.33. The number of esters is 1. The number of aliphatic imine (C=N–C) groups is 1. The van der Waals surface area contributed by atoms with Crippen molar-refractivity contribution in [2.45, 2.75) is 39.1 Å². The van der Waals surface area contributed by atoms with Crippen LogP contribution in [-0.2, 0) is 43.6 Å². The van der Waals surface area contributed by atoms with Gasteiger partial charge in [0, 0.05) is 13.6 Å². The number of hydrogen-bond acceptors (Lipinski definition) is 7. The van der Waals surface area contributed by atoms with Crippen LogP contribution in [0.25, 0.3) is 0 Å². The first kappa shape index (κ1) is 32.3. The van der Waals surface area contributed by atoms with Crippen LogP contribution < -0.4 is 5.32 Å². The predicted octanol–water partition coefficient (Wildman–Crippen LogP) is 5.15. The molecule has 2 amide bonds. The number of carboxylic acid groups (broad SMARTS) is 1. The van der Waals surface area contributed by atoms with Gasteiger partial charge in [0.25, 0.3) is 0 Å². The molecule has 0 bridgehead atoms. The van der Waals surface area contributed by atoms with E-state index >= 15 is 0 Å². The number of ether oxygens (including phenoxy) is 3. The van der Waals surface area contributed by atoms with Gasteiger partial charge in [0.1, 0.15) is 19.8 Å². The van der Waals surface area contributed by atoms with E-state index in [9.17, 15) is 24.3 Å².